The predicted molar refractivity (Wildman–Crippen MR) is 437 cm³/mol. The summed E-state index contributed by atoms with van der Waals surface area (Å²) < 4.78 is 68.9. The molecule has 0 spiro atoms. The van der Waals surface area contributed by atoms with Gasteiger partial charge in [0.15, 0.2) is 12.2 Å². The molecule has 0 radical (unpaired) electrons. The Labute approximate surface area is 651 Å². The first-order chi connectivity index (χ1) is 51.3. The number of aliphatic hydroxyl groups excluding tert-OH is 1. The number of phosphoric ester groups is 2. The maximum absolute atomic E-state index is 13.2. The normalized spacial score (nSPS) is 14.1. The molecule has 630 valence electrons. The lowest BCUT2D eigenvalue weighted by atomic mass is 9.99. The van der Waals surface area contributed by atoms with Gasteiger partial charge in [-0.2, -0.15) is 0 Å². The second-order valence-electron chi connectivity index (χ2n) is 32.5. The Morgan fingerprint density at radius 3 is 0.717 bits per heavy atom. The molecule has 0 fully saturated rings. The van der Waals surface area contributed by atoms with Gasteiger partial charge in [0.05, 0.1) is 26.4 Å². The molecule has 0 amide bonds. The summed E-state index contributed by atoms with van der Waals surface area (Å²) in [6.07, 6.45) is 68.1. The molecule has 0 rings (SSSR count). The molecule has 106 heavy (non-hydrogen) atoms. The van der Waals surface area contributed by atoms with Crippen LogP contribution in [0.25, 0.3) is 0 Å². The highest BCUT2D eigenvalue weighted by molar-refractivity contribution is 7.47. The first-order valence-corrected chi connectivity index (χ1v) is 47.9. The monoisotopic (exact) mass is 1550 g/mol. The molecule has 0 aromatic heterocycles. The Bertz CT molecular complexity index is 2050. The van der Waals surface area contributed by atoms with Gasteiger partial charge in [-0.25, -0.2) is 9.13 Å². The highest BCUT2D eigenvalue weighted by Crippen LogP contribution is 2.45. The maximum atomic E-state index is 13.2. The average Bonchev–Trinajstić information content (AvgIpc) is 0.902. The van der Waals surface area contributed by atoms with E-state index in [0.29, 0.717) is 25.7 Å². The molecule has 0 saturated carbocycles. The van der Waals surface area contributed by atoms with Gasteiger partial charge in [0.25, 0.3) is 0 Å². The molecule has 0 aliphatic heterocycles. The molecule has 3 unspecified atom stereocenters. The van der Waals surface area contributed by atoms with E-state index >= 15 is 0 Å². The van der Waals surface area contributed by atoms with E-state index in [1.165, 1.54) is 270 Å². The Morgan fingerprint density at radius 1 is 0.274 bits per heavy atom. The quantitative estimate of drug-likeness (QED) is 0.0222. The van der Waals surface area contributed by atoms with Gasteiger partial charge in [0, 0.05) is 25.7 Å². The van der Waals surface area contributed by atoms with E-state index in [4.69, 9.17) is 37.0 Å². The maximum Gasteiger partial charge on any atom is 0.472 e. The van der Waals surface area contributed by atoms with Crippen LogP contribution in [0.3, 0.4) is 0 Å². The Morgan fingerprint density at radius 2 is 0.481 bits per heavy atom. The van der Waals surface area contributed by atoms with E-state index in [1.807, 2.05) is 0 Å². The summed E-state index contributed by atoms with van der Waals surface area (Å²) in [4.78, 5) is 73.3. The molecule has 19 heteroatoms. The lowest BCUT2D eigenvalue weighted by Crippen LogP contribution is -2.30. The van der Waals surface area contributed by atoms with Crippen LogP contribution in [-0.4, -0.2) is 96.7 Å². The first-order valence-electron chi connectivity index (χ1n) is 44.9. The van der Waals surface area contributed by atoms with Crippen molar-refractivity contribution in [2.45, 2.75) is 478 Å². The van der Waals surface area contributed by atoms with Crippen LogP contribution in [0.1, 0.15) is 459 Å². The van der Waals surface area contributed by atoms with Gasteiger partial charge in [0.1, 0.15) is 19.3 Å². The van der Waals surface area contributed by atoms with Crippen LogP contribution in [0.15, 0.2) is 0 Å². The second-order valence-corrected chi connectivity index (χ2v) is 35.4. The number of carbonyl (C=O) groups is 4. The smallest absolute Gasteiger partial charge is 0.462 e. The van der Waals surface area contributed by atoms with Crippen LogP contribution in [-0.2, 0) is 65.4 Å². The van der Waals surface area contributed by atoms with Gasteiger partial charge >= 0.3 is 39.5 Å². The van der Waals surface area contributed by atoms with Crippen molar-refractivity contribution < 1.29 is 80.2 Å². The number of aliphatic hydroxyl groups is 1. The van der Waals surface area contributed by atoms with Gasteiger partial charge < -0.3 is 33.8 Å². The number of phosphoric acid groups is 2. The fourth-order valence-corrected chi connectivity index (χ4v) is 15.1. The molecular formula is C87H170O17P2. The number of hydrogen-bond donors (Lipinski definition) is 3. The molecule has 0 saturated heterocycles. The summed E-state index contributed by atoms with van der Waals surface area (Å²) in [5.41, 5.74) is 0. The van der Waals surface area contributed by atoms with Crippen molar-refractivity contribution in [2.24, 2.45) is 17.8 Å². The van der Waals surface area contributed by atoms with E-state index in [-0.39, 0.29) is 25.7 Å². The summed E-state index contributed by atoms with van der Waals surface area (Å²) in [7, 11) is -9.93. The lowest BCUT2D eigenvalue weighted by Gasteiger charge is -2.21. The van der Waals surface area contributed by atoms with Crippen LogP contribution in [0, 0.1) is 17.8 Å². The molecule has 0 aliphatic rings. The van der Waals surface area contributed by atoms with Gasteiger partial charge in [-0.15, -0.1) is 0 Å². The second kappa shape index (κ2) is 77.0. The summed E-state index contributed by atoms with van der Waals surface area (Å²) >= 11 is 0. The summed E-state index contributed by atoms with van der Waals surface area (Å²) in [5, 5.41) is 10.7. The average molecular weight is 1550 g/mol. The minimum absolute atomic E-state index is 0.106. The zero-order valence-corrected chi connectivity index (χ0v) is 71.7. The third-order valence-electron chi connectivity index (χ3n) is 20.7. The predicted octanol–water partition coefficient (Wildman–Crippen LogP) is 26.5. The number of rotatable bonds is 85. The van der Waals surface area contributed by atoms with E-state index in [9.17, 15) is 43.2 Å². The van der Waals surface area contributed by atoms with Crippen LogP contribution < -0.4 is 0 Å². The minimum atomic E-state index is -4.97. The fraction of sp³-hybridized carbons (Fsp3) is 0.954. The van der Waals surface area contributed by atoms with Crippen LogP contribution in [0.4, 0.5) is 0 Å². The third-order valence-corrected chi connectivity index (χ3v) is 22.6. The lowest BCUT2D eigenvalue weighted by molar-refractivity contribution is -0.161. The number of unbranched alkanes of at least 4 members (excludes halogenated alkanes) is 52. The van der Waals surface area contributed by atoms with Crippen LogP contribution in [0.5, 0.6) is 0 Å². The first kappa shape index (κ1) is 104. The zero-order chi connectivity index (χ0) is 77.9. The molecule has 6 atom stereocenters. The van der Waals surface area contributed by atoms with Crippen molar-refractivity contribution in [3.63, 3.8) is 0 Å². The van der Waals surface area contributed by atoms with Gasteiger partial charge in [-0.05, 0) is 43.4 Å². The summed E-state index contributed by atoms with van der Waals surface area (Å²) in [6, 6.07) is 0. The van der Waals surface area contributed by atoms with E-state index in [1.54, 1.807) is 0 Å². The highest BCUT2D eigenvalue weighted by atomic mass is 31.2. The van der Waals surface area contributed by atoms with Crippen molar-refractivity contribution in [1.82, 2.24) is 0 Å². The van der Waals surface area contributed by atoms with Crippen molar-refractivity contribution in [2.75, 3.05) is 39.6 Å². The largest absolute Gasteiger partial charge is 0.472 e. The van der Waals surface area contributed by atoms with Crippen LogP contribution >= 0.6 is 15.6 Å². The topological polar surface area (TPSA) is 237 Å². The van der Waals surface area contributed by atoms with Crippen molar-refractivity contribution in [3.05, 3.63) is 0 Å². The van der Waals surface area contributed by atoms with E-state index < -0.39 is 97.5 Å². The Hall–Kier alpha value is -1.94. The number of esters is 4. The Balaban J connectivity index is 5.24. The zero-order valence-electron chi connectivity index (χ0n) is 69.9. The molecule has 17 nitrogen and oxygen atoms in total. The molecule has 0 aromatic rings. The molecular weight excluding hydrogens is 1380 g/mol. The number of hydrogen-bond acceptors (Lipinski definition) is 15. The minimum Gasteiger partial charge on any atom is -0.462 e. The summed E-state index contributed by atoms with van der Waals surface area (Å²) in [5.74, 6) is 0.256. The molecule has 0 aromatic carbocycles. The highest BCUT2D eigenvalue weighted by Gasteiger charge is 2.31. The Kier molecular flexibility index (Phi) is 75.6. The molecule has 0 bridgehead atoms. The van der Waals surface area contributed by atoms with Gasteiger partial charge in [-0.3, -0.25) is 37.3 Å². The van der Waals surface area contributed by atoms with Crippen LogP contribution in [0.2, 0.25) is 0 Å². The van der Waals surface area contributed by atoms with Crippen molar-refractivity contribution in [1.29, 1.82) is 0 Å². The SMILES string of the molecule is CCCCCCCCCCCCCCCCCCCCCCCCC(=O)O[C@H](COC(=O)CCCCCCCCCCCCCCCCC(C)CC)COP(=O)(O)OC[C@@H](O)COP(=O)(O)OC[C@@H](COC(=O)CCCCCCCCCCCCC(C)C)OC(=O)CCCCCCCCCCCCC(C)C. The summed E-state index contributed by atoms with van der Waals surface area (Å²) in [6.45, 7) is 12.0. The van der Waals surface area contributed by atoms with Crippen molar-refractivity contribution >= 4 is 39.5 Å². The number of carbonyl (C=O) groups excluding carboxylic acids is 4. The van der Waals surface area contributed by atoms with E-state index in [2.05, 4.69) is 48.5 Å². The number of ether oxygens (including phenoxy) is 4. The van der Waals surface area contributed by atoms with Crippen molar-refractivity contribution in [3.8, 4) is 0 Å². The van der Waals surface area contributed by atoms with Gasteiger partial charge in [0.2, 0.25) is 0 Å². The molecule has 0 aliphatic carbocycles. The van der Waals surface area contributed by atoms with Gasteiger partial charge in [-0.1, -0.05) is 408 Å². The van der Waals surface area contributed by atoms with E-state index in [0.717, 1.165) is 108 Å². The third kappa shape index (κ3) is 78.7. The fourth-order valence-electron chi connectivity index (χ4n) is 13.5. The molecule has 3 N–H and O–H groups in total. The standard InChI is InChI=1S/C87H170O17P2/c1-8-10-11-12-13-14-15-16-17-18-19-20-21-22-23-24-29-32-42-49-56-63-70-86(91)103-82(74-97-84(89)68-61-54-47-40-31-28-26-25-27-30-39-46-53-60-67-80(7)9-2)76-101-105(93,94)99-72-81(88)73-100-106(95,96)102-77-83(104-87(92)71-64-57-50-43-36-34-38-45-52-59-66-79(5)6)75-98-85(90)69-62-55-48-41-35-33-37-44-51-58-65-78(3)4/h78-83,88H,8-77H2,1-7H3,(H,93,94)(H,95,96)/t80?,81-,82-,83-/m1/s1. The molecule has 0 heterocycles.